The minimum absolute atomic E-state index is 0.0453. The van der Waals surface area contributed by atoms with Gasteiger partial charge in [-0.25, -0.2) is 0 Å². The Bertz CT molecular complexity index is 677. The molecular formula is C14H12Cl2N2O3. The molecule has 0 saturated carbocycles. The highest BCUT2D eigenvalue weighted by atomic mass is 35.5. The van der Waals surface area contributed by atoms with Crippen LogP contribution in [0.25, 0.3) is 0 Å². The summed E-state index contributed by atoms with van der Waals surface area (Å²) in [5.74, 6) is -0.0453. The van der Waals surface area contributed by atoms with Gasteiger partial charge in [0.05, 0.1) is 9.95 Å². The van der Waals surface area contributed by atoms with Crippen LogP contribution >= 0.6 is 23.2 Å². The van der Waals surface area contributed by atoms with Crippen molar-refractivity contribution in [2.24, 2.45) is 0 Å². The number of phenolic OH excluding ortho intramolecular Hbond substituents is 1. The van der Waals surface area contributed by atoms with Crippen molar-refractivity contribution >= 4 is 28.9 Å². The van der Waals surface area contributed by atoms with E-state index < -0.39 is 4.92 Å². The van der Waals surface area contributed by atoms with Crippen molar-refractivity contribution in [3.63, 3.8) is 0 Å². The van der Waals surface area contributed by atoms with Gasteiger partial charge >= 0.3 is 0 Å². The summed E-state index contributed by atoms with van der Waals surface area (Å²) >= 11 is 11.7. The highest BCUT2D eigenvalue weighted by Gasteiger charge is 2.12. The predicted octanol–water partition coefficient (Wildman–Crippen LogP) is 3.90. The molecule has 110 valence electrons. The summed E-state index contributed by atoms with van der Waals surface area (Å²) in [7, 11) is 0. The Labute approximate surface area is 131 Å². The monoisotopic (exact) mass is 326 g/mol. The molecule has 2 aromatic rings. The SMILES string of the molecule is O=[N+]([O-])c1ccccc1CNCc1cc(Cl)cc(Cl)c1O. The number of phenols is 1. The standard InChI is InChI=1S/C14H12Cl2N2O3/c15-11-5-10(14(19)12(16)6-11)8-17-7-9-3-1-2-4-13(9)18(20)21/h1-6,17,19H,7-8H2. The Morgan fingerprint density at radius 2 is 1.81 bits per heavy atom. The van der Waals surface area contributed by atoms with Gasteiger partial charge in [0, 0.05) is 35.3 Å². The second-order valence-electron chi connectivity index (χ2n) is 4.38. The van der Waals surface area contributed by atoms with Crippen molar-refractivity contribution < 1.29 is 10.0 Å². The fourth-order valence-electron chi connectivity index (χ4n) is 1.92. The average molecular weight is 327 g/mol. The van der Waals surface area contributed by atoms with E-state index in [1.807, 2.05) is 0 Å². The summed E-state index contributed by atoms with van der Waals surface area (Å²) in [4.78, 5) is 10.5. The first kappa shape index (κ1) is 15.6. The molecule has 0 aliphatic carbocycles. The number of nitrogens with one attached hydrogen (secondary N) is 1. The third-order valence-corrected chi connectivity index (χ3v) is 3.43. The van der Waals surface area contributed by atoms with Gasteiger partial charge in [-0.1, -0.05) is 41.4 Å². The van der Waals surface area contributed by atoms with Gasteiger partial charge < -0.3 is 10.4 Å². The quantitative estimate of drug-likeness (QED) is 0.645. The first-order chi connectivity index (χ1) is 9.99. The molecule has 0 unspecified atom stereocenters. The van der Waals surface area contributed by atoms with Crippen molar-refractivity contribution in [1.82, 2.24) is 5.32 Å². The number of hydrogen-bond donors (Lipinski definition) is 2. The van der Waals surface area contributed by atoms with Gasteiger partial charge in [-0.2, -0.15) is 0 Å². The molecule has 0 spiro atoms. The van der Waals surface area contributed by atoms with Gasteiger partial charge in [0.15, 0.2) is 0 Å². The number of nitro benzene ring substituents is 1. The van der Waals surface area contributed by atoms with E-state index in [0.29, 0.717) is 22.7 Å². The fourth-order valence-corrected chi connectivity index (χ4v) is 2.46. The van der Waals surface area contributed by atoms with Gasteiger partial charge in [-0.05, 0) is 12.1 Å². The van der Waals surface area contributed by atoms with Crippen molar-refractivity contribution in [2.45, 2.75) is 13.1 Å². The van der Waals surface area contributed by atoms with Crippen LogP contribution in [-0.4, -0.2) is 10.0 Å². The second-order valence-corrected chi connectivity index (χ2v) is 5.23. The summed E-state index contributed by atoms with van der Waals surface area (Å²) in [5.41, 5.74) is 1.15. The largest absolute Gasteiger partial charge is 0.506 e. The number of hydrogen-bond acceptors (Lipinski definition) is 4. The van der Waals surface area contributed by atoms with Crippen LogP contribution in [0.15, 0.2) is 36.4 Å². The summed E-state index contributed by atoms with van der Waals surface area (Å²) in [5, 5.41) is 24.3. The molecule has 0 saturated heterocycles. The smallest absolute Gasteiger partial charge is 0.273 e. The lowest BCUT2D eigenvalue weighted by atomic mass is 10.1. The normalized spacial score (nSPS) is 10.6. The summed E-state index contributed by atoms with van der Waals surface area (Å²) in [6.07, 6.45) is 0. The zero-order valence-electron chi connectivity index (χ0n) is 10.8. The van der Waals surface area contributed by atoms with Gasteiger partial charge in [0.1, 0.15) is 5.75 Å². The van der Waals surface area contributed by atoms with E-state index >= 15 is 0 Å². The molecule has 0 radical (unpaired) electrons. The molecule has 2 aromatic carbocycles. The molecule has 0 bridgehead atoms. The van der Waals surface area contributed by atoms with Crippen LogP contribution in [0.1, 0.15) is 11.1 Å². The Morgan fingerprint density at radius 1 is 1.14 bits per heavy atom. The van der Waals surface area contributed by atoms with Crippen LogP contribution in [0.3, 0.4) is 0 Å². The molecular weight excluding hydrogens is 315 g/mol. The first-order valence-corrected chi connectivity index (χ1v) is 6.84. The number of nitrogens with zero attached hydrogens (tertiary/aromatic N) is 1. The molecule has 21 heavy (non-hydrogen) atoms. The number of halogens is 2. The Hall–Kier alpha value is -1.82. The summed E-state index contributed by atoms with van der Waals surface area (Å²) in [6, 6.07) is 9.52. The molecule has 0 amide bonds. The zero-order valence-corrected chi connectivity index (χ0v) is 12.4. The molecule has 2 N–H and O–H groups in total. The van der Waals surface area contributed by atoms with Crippen LogP contribution in [0.2, 0.25) is 10.0 Å². The molecule has 7 heteroatoms. The summed E-state index contributed by atoms with van der Waals surface area (Å²) < 4.78 is 0. The Kier molecular flexibility index (Phi) is 5.01. The maximum absolute atomic E-state index is 10.9. The lowest BCUT2D eigenvalue weighted by molar-refractivity contribution is -0.385. The number of rotatable bonds is 5. The summed E-state index contributed by atoms with van der Waals surface area (Å²) in [6.45, 7) is 0.582. The van der Waals surface area contributed by atoms with Gasteiger partial charge in [-0.3, -0.25) is 10.1 Å². The highest BCUT2D eigenvalue weighted by Crippen LogP contribution is 2.31. The van der Waals surface area contributed by atoms with Crippen LogP contribution in [0, 0.1) is 10.1 Å². The number of para-hydroxylation sites is 1. The molecule has 5 nitrogen and oxygen atoms in total. The molecule has 0 heterocycles. The minimum Gasteiger partial charge on any atom is -0.506 e. The average Bonchev–Trinajstić information content (AvgIpc) is 2.44. The molecule has 0 aromatic heterocycles. The molecule has 0 aliphatic rings. The highest BCUT2D eigenvalue weighted by molar-refractivity contribution is 6.35. The molecule has 0 fully saturated rings. The first-order valence-electron chi connectivity index (χ1n) is 6.09. The predicted molar refractivity (Wildman–Crippen MR) is 81.8 cm³/mol. The number of aromatic hydroxyl groups is 1. The van der Waals surface area contributed by atoms with Crippen molar-refractivity contribution in [3.05, 3.63) is 67.7 Å². The Morgan fingerprint density at radius 3 is 2.52 bits per heavy atom. The topological polar surface area (TPSA) is 75.4 Å². The number of benzene rings is 2. The van der Waals surface area contributed by atoms with E-state index in [4.69, 9.17) is 23.2 Å². The van der Waals surface area contributed by atoms with E-state index in [2.05, 4.69) is 5.32 Å². The van der Waals surface area contributed by atoms with Gasteiger partial charge in [0.2, 0.25) is 0 Å². The number of nitro groups is 1. The van der Waals surface area contributed by atoms with Gasteiger partial charge in [-0.15, -0.1) is 0 Å². The molecule has 2 rings (SSSR count). The van der Waals surface area contributed by atoms with Crippen LogP contribution in [0.4, 0.5) is 5.69 Å². The van der Waals surface area contributed by atoms with E-state index in [-0.39, 0.29) is 23.0 Å². The van der Waals surface area contributed by atoms with E-state index in [9.17, 15) is 15.2 Å². The minimum atomic E-state index is -0.426. The van der Waals surface area contributed by atoms with E-state index in [1.165, 1.54) is 12.1 Å². The van der Waals surface area contributed by atoms with Crippen molar-refractivity contribution in [2.75, 3.05) is 0 Å². The van der Waals surface area contributed by atoms with E-state index in [0.717, 1.165) is 0 Å². The maximum atomic E-state index is 10.9. The molecule has 0 aliphatic heterocycles. The maximum Gasteiger partial charge on any atom is 0.273 e. The Balaban J connectivity index is 2.07. The van der Waals surface area contributed by atoms with Crippen molar-refractivity contribution in [3.8, 4) is 5.75 Å². The lowest BCUT2D eigenvalue weighted by Crippen LogP contribution is -2.14. The third kappa shape index (κ3) is 3.85. The van der Waals surface area contributed by atoms with Crippen molar-refractivity contribution in [1.29, 1.82) is 0 Å². The molecule has 0 atom stereocenters. The zero-order chi connectivity index (χ0) is 15.4. The second kappa shape index (κ2) is 6.76. The van der Waals surface area contributed by atoms with Crippen LogP contribution < -0.4 is 5.32 Å². The third-order valence-electron chi connectivity index (χ3n) is 2.93. The fraction of sp³-hybridized carbons (Fsp3) is 0.143. The van der Waals surface area contributed by atoms with Gasteiger partial charge in [0.25, 0.3) is 5.69 Å². The van der Waals surface area contributed by atoms with Crippen LogP contribution in [0.5, 0.6) is 5.75 Å². The van der Waals surface area contributed by atoms with E-state index in [1.54, 1.807) is 24.3 Å². The van der Waals surface area contributed by atoms with Crippen LogP contribution in [-0.2, 0) is 13.1 Å². The lowest BCUT2D eigenvalue weighted by Gasteiger charge is -2.09.